The fourth-order valence-electron chi connectivity index (χ4n) is 4.16. The second kappa shape index (κ2) is 9.08. The molecule has 2 aromatic carbocycles. The first-order valence-corrected chi connectivity index (χ1v) is 11.0. The Labute approximate surface area is 199 Å². The summed E-state index contributed by atoms with van der Waals surface area (Å²) in [6.45, 7) is 1.28. The number of allylic oxidation sites excluding steroid dienone is 2. The number of ketones is 1. The van der Waals surface area contributed by atoms with E-state index in [9.17, 15) is 23.6 Å². The lowest BCUT2D eigenvalue weighted by molar-refractivity contribution is -0.154. The number of nitrogens with zero attached hydrogens (tertiary/aromatic N) is 2. The lowest BCUT2D eigenvalue weighted by Crippen LogP contribution is -2.52. The number of Topliss-reactive ketones (excluding diaryl/α,β-unsaturated/α-hetero) is 1. The summed E-state index contributed by atoms with van der Waals surface area (Å²) in [4.78, 5) is 52.9. The summed E-state index contributed by atoms with van der Waals surface area (Å²) in [7, 11) is 0. The zero-order valence-electron chi connectivity index (χ0n) is 17.6. The molecule has 1 aliphatic carbocycles. The van der Waals surface area contributed by atoms with Gasteiger partial charge in [-0.05, 0) is 62.2 Å². The van der Waals surface area contributed by atoms with Crippen LogP contribution in [0.1, 0.15) is 40.5 Å². The molecule has 1 fully saturated rings. The Balaban J connectivity index is 1.72. The second-order valence-electron chi connectivity index (χ2n) is 8.11. The molecule has 2 aromatic rings. The highest BCUT2D eigenvalue weighted by Crippen LogP contribution is 2.39. The van der Waals surface area contributed by atoms with Gasteiger partial charge >= 0.3 is 0 Å². The van der Waals surface area contributed by atoms with Crippen molar-refractivity contribution in [3.63, 3.8) is 0 Å². The fourth-order valence-corrected chi connectivity index (χ4v) is 4.65. The molecule has 0 aromatic heterocycles. The molecule has 0 saturated carbocycles. The van der Waals surface area contributed by atoms with Gasteiger partial charge in [-0.3, -0.25) is 19.2 Å². The molecule has 0 bridgehead atoms. The van der Waals surface area contributed by atoms with Gasteiger partial charge in [-0.25, -0.2) is 9.40 Å². The van der Waals surface area contributed by atoms with Crippen LogP contribution in [0.2, 0.25) is 10.0 Å². The van der Waals surface area contributed by atoms with Crippen LogP contribution in [-0.4, -0.2) is 40.1 Å². The Kier molecular flexibility index (Phi) is 6.36. The first-order valence-electron chi connectivity index (χ1n) is 10.3. The zero-order valence-corrected chi connectivity index (χ0v) is 19.1. The van der Waals surface area contributed by atoms with Gasteiger partial charge in [0.2, 0.25) is 0 Å². The molecule has 4 rings (SSSR count). The van der Waals surface area contributed by atoms with Crippen molar-refractivity contribution in [2.24, 2.45) is 11.8 Å². The first-order chi connectivity index (χ1) is 15.7. The molecular weight excluding hydrogens is 470 g/mol. The van der Waals surface area contributed by atoms with E-state index in [4.69, 9.17) is 23.2 Å². The summed E-state index contributed by atoms with van der Waals surface area (Å²) in [6.07, 6.45) is 2.69. The highest BCUT2D eigenvalue weighted by Gasteiger charge is 2.51. The van der Waals surface area contributed by atoms with Crippen LogP contribution >= 0.6 is 23.2 Å². The van der Waals surface area contributed by atoms with E-state index < -0.39 is 47.7 Å². The molecule has 0 unspecified atom stereocenters. The fraction of sp³-hybridized carbons (Fsp3) is 0.250. The maximum atomic E-state index is 13.5. The van der Waals surface area contributed by atoms with Gasteiger partial charge in [0, 0.05) is 10.6 Å². The van der Waals surface area contributed by atoms with Crippen molar-refractivity contribution in [3.05, 3.63) is 81.1 Å². The highest BCUT2D eigenvalue weighted by atomic mass is 35.5. The van der Waals surface area contributed by atoms with Crippen LogP contribution in [0.4, 0.5) is 4.39 Å². The molecule has 6 nitrogen and oxygen atoms in total. The lowest BCUT2D eigenvalue weighted by Gasteiger charge is -2.30. The molecule has 1 heterocycles. The molecular formula is C24H19Cl2FN2O4. The Morgan fingerprint density at radius 1 is 1.06 bits per heavy atom. The number of amides is 3. The summed E-state index contributed by atoms with van der Waals surface area (Å²) in [6, 6.07) is 8.95. The number of rotatable bonds is 5. The van der Waals surface area contributed by atoms with Gasteiger partial charge < -0.3 is 0 Å². The Morgan fingerprint density at radius 3 is 2.39 bits per heavy atom. The molecule has 2 aliphatic rings. The number of imide groups is 1. The maximum absolute atomic E-state index is 13.5. The Bertz CT molecular complexity index is 1200. The predicted molar refractivity (Wildman–Crippen MR) is 120 cm³/mol. The normalized spacial score (nSPS) is 19.9. The topological polar surface area (TPSA) is 74.8 Å². The van der Waals surface area contributed by atoms with Crippen molar-refractivity contribution in [1.29, 1.82) is 0 Å². The van der Waals surface area contributed by atoms with Crippen LogP contribution in [0.25, 0.3) is 0 Å². The Morgan fingerprint density at radius 2 is 1.73 bits per heavy atom. The molecule has 3 amide bonds. The minimum absolute atomic E-state index is 0.0146. The number of carbonyl (C=O) groups is 4. The van der Waals surface area contributed by atoms with Crippen molar-refractivity contribution in [2.45, 2.75) is 19.8 Å². The smallest absolute Gasteiger partial charge is 0.274 e. The van der Waals surface area contributed by atoms with Gasteiger partial charge in [0.05, 0.1) is 22.4 Å². The summed E-state index contributed by atoms with van der Waals surface area (Å²) in [5.41, 5.74) is 1.10. The van der Waals surface area contributed by atoms with Crippen LogP contribution in [0.15, 0.2) is 54.1 Å². The van der Waals surface area contributed by atoms with Gasteiger partial charge in [-0.2, -0.15) is 5.01 Å². The monoisotopic (exact) mass is 488 g/mol. The number of benzene rings is 2. The standard InChI is InChI=1S/C24H19Cl2FN2O4/c1-13-2-8-17-19(10-13)24(33)29(23(17)32)28(12-21(30)14-3-6-16(27)7-4-14)22(31)18-9-5-15(25)11-20(18)26/h2-7,9,11,17,19H,8,10,12H2,1H3/t17-,19+/m0/s1. The van der Waals surface area contributed by atoms with Gasteiger partial charge in [-0.15, -0.1) is 0 Å². The molecule has 170 valence electrons. The molecule has 1 saturated heterocycles. The van der Waals surface area contributed by atoms with Crippen LogP contribution in [0.3, 0.4) is 0 Å². The minimum atomic E-state index is -0.794. The summed E-state index contributed by atoms with van der Waals surface area (Å²) in [5, 5.41) is 1.92. The highest BCUT2D eigenvalue weighted by molar-refractivity contribution is 6.36. The molecule has 9 heteroatoms. The van der Waals surface area contributed by atoms with Crippen molar-refractivity contribution < 1.29 is 23.6 Å². The third kappa shape index (κ3) is 4.43. The lowest BCUT2D eigenvalue weighted by atomic mass is 9.82. The molecule has 2 atom stereocenters. The Hall–Kier alpha value is -3.03. The maximum Gasteiger partial charge on any atom is 0.274 e. The number of halogens is 3. The molecule has 33 heavy (non-hydrogen) atoms. The largest absolute Gasteiger partial charge is 0.292 e. The predicted octanol–water partition coefficient (Wildman–Crippen LogP) is 4.71. The minimum Gasteiger partial charge on any atom is -0.292 e. The number of hydrazine groups is 1. The van der Waals surface area contributed by atoms with E-state index >= 15 is 0 Å². The zero-order chi connectivity index (χ0) is 23.9. The van der Waals surface area contributed by atoms with E-state index in [-0.39, 0.29) is 16.1 Å². The van der Waals surface area contributed by atoms with E-state index in [1.54, 1.807) is 0 Å². The molecule has 0 spiro atoms. The quantitative estimate of drug-likeness (QED) is 0.346. The van der Waals surface area contributed by atoms with Crippen LogP contribution in [0.5, 0.6) is 0 Å². The van der Waals surface area contributed by atoms with Crippen molar-refractivity contribution in [3.8, 4) is 0 Å². The van der Waals surface area contributed by atoms with E-state index in [0.717, 1.165) is 27.7 Å². The number of fused-ring (bicyclic) bond motifs is 1. The molecule has 0 radical (unpaired) electrons. The van der Waals surface area contributed by atoms with Gasteiger partial charge in [-0.1, -0.05) is 34.9 Å². The second-order valence-corrected chi connectivity index (χ2v) is 8.95. The SMILES string of the molecule is CC1=CC[C@@H]2C(=O)N(N(CC(=O)c3ccc(F)cc3)C(=O)c3ccc(Cl)cc3Cl)C(=O)[C@@H]2C1. The van der Waals surface area contributed by atoms with Crippen molar-refractivity contribution in [2.75, 3.05) is 6.54 Å². The van der Waals surface area contributed by atoms with Crippen LogP contribution < -0.4 is 0 Å². The average Bonchev–Trinajstić information content (AvgIpc) is 3.01. The van der Waals surface area contributed by atoms with Gasteiger partial charge in [0.1, 0.15) is 12.4 Å². The van der Waals surface area contributed by atoms with Crippen molar-refractivity contribution in [1.82, 2.24) is 10.0 Å². The van der Waals surface area contributed by atoms with Gasteiger partial charge in [0.15, 0.2) is 5.78 Å². The van der Waals surface area contributed by atoms with Crippen LogP contribution in [-0.2, 0) is 9.59 Å². The third-order valence-corrected chi connectivity index (χ3v) is 6.44. The number of hydrogen-bond acceptors (Lipinski definition) is 4. The first kappa shape index (κ1) is 23.1. The summed E-state index contributed by atoms with van der Waals surface area (Å²) in [5.74, 6) is -4.17. The van der Waals surface area contributed by atoms with E-state index in [1.165, 1.54) is 30.3 Å². The summed E-state index contributed by atoms with van der Waals surface area (Å²) >= 11 is 12.1. The van der Waals surface area contributed by atoms with E-state index in [2.05, 4.69) is 0 Å². The van der Waals surface area contributed by atoms with E-state index in [0.29, 0.717) is 17.9 Å². The number of carbonyl (C=O) groups excluding carboxylic acids is 4. The van der Waals surface area contributed by atoms with Crippen LogP contribution in [0, 0.1) is 17.7 Å². The third-order valence-electron chi connectivity index (χ3n) is 5.90. The molecule has 0 N–H and O–H groups in total. The van der Waals surface area contributed by atoms with Gasteiger partial charge in [0.25, 0.3) is 17.7 Å². The van der Waals surface area contributed by atoms with E-state index in [1.807, 2.05) is 13.0 Å². The average molecular weight is 489 g/mol. The molecule has 1 aliphatic heterocycles. The van der Waals surface area contributed by atoms with Crippen molar-refractivity contribution >= 4 is 46.7 Å². The summed E-state index contributed by atoms with van der Waals surface area (Å²) < 4.78 is 13.3. The number of hydrogen-bond donors (Lipinski definition) is 0.